The number of esters is 1. The number of ether oxygens (including phenoxy) is 1. The largest absolute Gasteiger partial charge is 0.480 e. The van der Waals surface area contributed by atoms with E-state index in [9.17, 15) is 14.7 Å². The number of imidazole rings is 1. The number of aromatic nitrogens is 2. The van der Waals surface area contributed by atoms with Gasteiger partial charge in [0, 0.05) is 35.8 Å². The molecule has 0 fully saturated rings. The highest BCUT2D eigenvalue weighted by Crippen LogP contribution is 2.34. The van der Waals surface area contributed by atoms with Gasteiger partial charge in [0.15, 0.2) is 4.87 Å². The molecule has 0 aliphatic heterocycles. The van der Waals surface area contributed by atoms with Crippen LogP contribution in [0.2, 0.25) is 0 Å². The summed E-state index contributed by atoms with van der Waals surface area (Å²) in [6, 6.07) is 3.93. The second-order valence-corrected chi connectivity index (χ2v) is 9.54. The monoisotopic (exact) mass is 488 g/mol. The fourth-order valence-corrected chi connectivity index (χ4v) is 4.69. The fraction of sp³-hybridized carbons (Fsp3) is 0.400. The second-order valence-electron chi connectivity index (χ2n) is 7.88. The van der Waals surface area contributed by atoms with E-state index in [4.69, 9.17) is 16.3 Å². The minimum Gasteiger partial charge on any atom is -0.480 e. The number of aliphatic carboxylic acids is 1. The van der Waals surface area contributed by atoms with Gasteiger partial charge in [-0.3, -0.25) is 0 Å². The van der Waals surface area contributed by atoms with Crippen LogP contribution in [-0.2, 0) is 33.7 Å². The molecule has 2 heterocycles. The van der Waals surface area contributed by atoms with Gasteiger partial charge in [0.2, 0.25) is 0 Å². The first kappa shape index (κ1) is 25.0. The van der Waals surface area contributed by atoms with E-state index in [1.165, 1.54) is 6.08 Å². The minimum atomic E-state index is -1.54. The number of nitrogens with zero attached hydrogens (tertiary/aromatic N) is 2. The molecule has 0 amide bonds. The van der Waals surface area contributed by atoms with Crippen molar-refractivity contribution in [2.75, 3.05) is 6.61 Å². The summed E-state index contributed by atoms with van der Waals surface area (Å²) >= 11 is 8.11. The summed E-state index contributed by atoms with van der Waals surface area (Å²) in [4.78, 5) is 28.8. The summed E-state index contributed by atoms with van der Waals surface area (Å²) in [7, 11) is 0. The maximum atomic E-state index is 12.7. The predicted molar refractivity (Wildman–Crippen MR) is 131 cm³/mol. The topological polar surface area (TPSA) is 81.4 Å². The van der Waals surface area contributed by atoms with Gasteiger partial charge in [-0.25, -0.2) is 14.6 Å². The first-order chi connectivity index (χ1) is 15.9. The molecule has 0 aromatic carbocycles. The molecule has 2 unspecified atom stereocenters. The Morgan fingerprint density at radius 2 is 2.18 bits per heavy atom. The standard InChI is InChI=1S/C25H29ClN2O4S/c1-3-5-11-22-27-16-20(14-18(23(29)32-4-2)15-21-10-8-13-33-21)28(22)17-19-9-6-7-12-25(19,26)24(30)31/h6-10,12-14,16,19H,3-5,11,15,17H2,1-2H3,(H,30,31)/b18-14+. The van der Waals surface area contributed by atoms with Crippen LogP contribution in [0.1, 0.15) is 43.1 Å². The van der Waals surface area contributed by atoms with Crippen LogP contribution < -0.4 is 0 Å². The number of allylic oxidation sites excluding steroid dienone is 3. The predicted octanol–water partition coefficient (Wildman–Crippen LogP) is 5.28. The maximum Gasteiger partial charge on any atom is 0.334 e. The summed E-state index contributed by atoms with van der Waals surface area (Å²) < 4.78 is 7.28. The van der Waals surface area contributed by atoms with Crippen LogP contribution in [-0.4, -0.2) is 38.1 Å². The van der Waals surface area contributed by atoms with E-state index in [1.807, 2.05) is 34.2 Å². The number of alkyl halides is 1. The summed E-state index contributed by atoms with van der Waals surface area (Å²) in [5.74, 6) is -1.10. The molecule has 2 aromatic rings. The highest BCUT2D eigenvalue weighted by molar-refractivity contribution is 7.09. The zero-order chi connectivity index (χ0) is 23.8. The average Bonchev–Trinajstić information content (AvgIpc) is 3.44. The number of halogens is 1. The van der Waals surface area contributed by atoms with Crippen molar-refractivity contribution in [2.45, 2.75) is 50.9 Å². The molecule has 0 saturated carbocycles. The summed E-state index contributed by atoms with van der Waals surface area (Å²) in [5.41, 5.74) is 1.25. The number of hydrogen-bond donors (Lipinski definition) is 1. The third-order valence-electron chi connectivity index (χ3n) is 5.57. The molecule has 0 bridgehead atoms. The van der Waals surface area contributed by atoms with Crippen molar-refractivity contribution in [2.24, 2.45) is 5.92 Å². The Kier molecular flexibility index (Phi) is 8.69. The number of carboxylic acids is 1. The molecule has 0 radical (unpaired) electrons. The van der Waals surface area contributed by atoms with Crippen molar-refractivity contribution in [3.63, 3.8) is 0 Å². The number of hydrogen-bond acceptors (Lipinski definition) is 5. The van der Waals surface area contributed by atoms with Gasteiger partial charge < -0.3 is 14.4 Å². The molecular weight excluding hydrogens is 460 g/mol. The van der Waals surface area contributed by atoms with Gasteiger partial charge in [0.25, 0.3) is 0 Å². The van der Waals surface area contributed by atoms with Crippen LogP contribution in [0.25, 0.3) is 6.08 Å². The molecule has 3 rings (SSSR count). The van der Waals surface area contributed by atoms with Crippen molar-refractivity contribution >= 4 is 41.0 Å². The van der Waals surface area contributed by atoms with E-state index in [0.29, 0.717) is 18.5 Å². The molecule has 0 spiro atoms. The van der Waals surface area contributed by atoms with Gasteiger partial charge in [-0.15, -0.1) is 22.9 Å². The van der Waals surface area contributed by atoms with Gasteiger partial charge in [-0.05, 0) is 30.9 Å². The van der Waals surface area contributed by atoms with Crippen LogP contribution in [0.3, 0.4) is 0 Å². The van der Waals surface area contributed by atoms with Crippen molar-refractivity contribution in [3.05, 3.63) is 70.0 Å². The first-order valence-corrected chi connectivity index (χ1v) is 12.4. The molecule has 8 heteroatoms. The zero-order valence-electron chi connectivity index (χ0n) is 18.9. The average molecular weight is 489 g/mol. The third kappa shape index (κ3) is 6.03. The quantitative estimate of drug-likeness (QED) is 0.264. The van der Waals surface area contributed by atoms with E-state index >= 15 is 0 Å². The van der Waals surface area contributed by atoms with Crippen LogP contribution in [0.15, 0.2) is 53.6 Å². The molecule has 1 N–H and O–H groups in total. The van der Waals surface area contributed by atoms with Crippen molar-refractivity contribution in [3.8, 4) is 0 Å². The van der Waals surface area contributed by atoms with Crippen molar-refractivity contribution in [1.82, 2.24) is 9.55 Å². The molecule has 2 atom stereocenters. The van der Waals surface area contributed by atoms with Crippen molar-refractivity contribution in [1.29, 1.82) is 0 Å². The van der Waals surface area contributed by atoms with E-state index in [1.54, 1.807) is 36.6 Å². The Morgan fingerprint density at radius 1 is 1.36 bits per heavy atom. The second kappa shape index (κ2) is 11.5. The highest BCUT2D eigenvalue weighted by Gasteiger charge is 2.42. The molecule has 176 valence electrons. The Bertz CT molecular complexity index is 1050. The molecular formula is C25H29ClN2O4S. The van der Waals surface area contributed by atoms with Gasteiger partial charge in [0.05, 0.1) is 18.5 Å². The number of unbranched alkanes of at least 4 members (excludes halogenated alkanes) is 1. The summed E-state index contributed by atoms with van der Waals surface area (Å²) in [6.07, 6.45) is 13.5. The van der Waals surface area contributed by atoms with Crippen LogP contribution in [0, 0.1) is 5.92 Å². The van der Waals surface area contributed by atoms with Gasteiger partial charge in [-0.1, -0.05) is 43.7 Å². The number of thiophene rings is 1. The Morgan fingerprint density at radius 3 is 2.85 bits per heavy atom. The minimum absolute atomic E-state index is 0.286. The van der Waals surface area contributed by atoms with Crippen LogP contribution >= 0.6 is 22.9 Å². The molecule has 0 saturated heterocycles. The van der Waals surface area contributed by atoms with Crippen LogP contribution in [0.4, 0.5) is 0 Å². The van der Waals surface area contributed by atoms with Gasteiger partial charge >= 0.3 is 11.9 Å². The molecule has 1 aliphatic rings. The highest BCUT2D eigenvalue weighted by atomic mass is 35.5. The lowest BCUT2D eigenvalue weighted by molar-refractivity contribution is -0.140. The van der Waals surface area contributed by atoms with Gasteiger partial charge in [-0.2, -0.15) is 0 Å². The van der Waals surface area contributed by atoms with E-state index in [-0.39, 0.29) is 12.6 Å². The Balaban J connectivity index is 2.01. The lowest BCUT2D eigenvalue weighted by Gasteiger charge is -2.30. The normalized spacial score (nSPS) is 20.2. The summed E-state index contributed by atoms with van der Waals surface area (Å²) in [5, 5.41) is 11.8. The third-order valence-corrected chi connectivity index (χ3v) is 7.01. The zero-order valence-corrected chi connectivity index (χ0v) is 20.4. The maximum absolute atomic E-state index is 12.7. The summed E-state index contributed by atoms with van der Waals surface area (Å²) in [6.45, 7) is 4.50. The van der Waals surface area contributed by atoms with E-state index in [2.05, 4.69) is 11.9 Å². The van der Waals surface area contributed by atoms with E-state index < -0.39 is 16.8 Å². The van der Waals surface area contributed by atoms with Crippen LogP contribution in [0.5, 0.6) is 0 Å². The van der Waals surface area contributed by atoms with Crippen molar-refractivity contribution < 1.29 is 19.4 Å². The number of carboxylic acid groups (broad SMARTS) is 1. The van der Waals surface area contributed by atoms with Gasteiger partial charge in [0.1, 0.15) is 5.82 Å². The number of carbonyl (C=O) groups is 2. The first-order valence-electron chi connectivity index (χ1n) is 11.1. The number of carbonyl (C=O) groups excluding carboxylic acids is 1. The van der Waals surface area contributed by atoms with E-state index in [0.717, 1.165) is 35.7 Å². The molecule has 33 heavy (non-hydrogen) atoms. The molecule has 2 aromatic heterocycles. The Labute approximate surface area is 203 Å². The lowest BCUT2D eigenvalue weighted by Crippen LogP contribution is -2.41. The molecule has 1 aliphatic carbocycles. The molecule has 6 nitrogen and oxygen atoms in total. The Hall–Kier alpha value is -2.64. The SMILES string of the molecule is CCCCc1ncc(/C=C(\Cc2cccs2)C(=O)OCC)n1CC1C=CC=CC1(Cl)C(=O)O. The fourth-order valence-electron chi connectivity index (χ4n) is 3.75. The smallest absolute Gasteiger partial charge is 0.334 e. The number of rotatable bonds is 11. The lowest BCUT2D eigenvalue weighted by atomic mass is 9.87. The number of aryl methyl sites for hydroxylation is 1.